The number of rotatable bonds is 4. The lowest BCUT2D eigenvalue weighted by molar-refractivity contribution is 0.0925. The Labute approximate surface area is 121 Å². The van der Waals surface area contributed by atoms with Crippen LogP contribution in [0.15, 0.2) is 34.7 Å². The summed E-state index contributed by atoms with van der Waals surface area (Å²) in [7, 11) is 0. The molecule has 0 saturated carbocycles. The molecule has 0 radical (unpaired) electrons. The van der Waals surface area contributed by atoms with Crippen LogP contribution in [-0.4, -0.2) is 12.5 Å². The summed E-state index contributed by atoms with van der Waals surface area (Å²) in [4.78, 5) is 11.7. The van der Waals surface area contributed by atoms with Gasteiger partial charge in [0.1, 0.15) is 5.76 Å². The van der Waals surface area contributed by atoms with Gasteiger partial charge in [-0.15, -0.1) is 0 Å². The predicted octanol–water partition coefficient (Wildman–Crippen LogP) is 3.87. The molecule has 3 nitrogen and oxygen atoms in total. The highest BCUT2D eigenvalue weighted by molar-refractivity contribution is 6.35. The highest BCUT2D eigenvalue weighted by Gasteiger charge is 2.09. The zero-order chi connectivity index (χ0) is 13.8. The molecule has 0 spiro atoms. The highest BCUT2D eigenvalue weighted by atomic mass is 35.5. The molecule has 19 heavy (non-hydrogen) atoms. The van der Waals surface area contributed by atoms with E-state index in [4.69, 9.17) is 27.6 Å². The van der Waals surface area contributed by atoms with E-state index in [1.807, 2.05) is 6.07 Å². The summed E-state index contributed by atoms with van der Waals surface area (Å²) in [5.74, 6) is 0.809. The number of nitrogens with one attached hydrogen (secondary N) is 1. The van der Waals surface area contributed by atoms with Crippen molar-refractivity contribution in [3.8, 4) is 0 Å². The van der Waals surface area contributed by atoms with Crippen molar-refractivity contribution in [2.45, 2.75) is 13.3 Å². The minimum Gasteiger partial charge on any atom is -0.456 e. The summed E-state index contributed by atoms with van der Waals surface area (Å²) in [5.41, 5.74) is 0.946. The van der Waals surface area contributed by atoms with Crippen LogP contribution in [0.2, 0.25) is 10.0 Å². The van der Waals surface area contributed by atoms with Crippen molar-refractivity contribution in [3.63, 3.8) is 0 Å². The van der Waals surface area contributed by atoms with Gasteiger partial charge in [0.15, 0.2) is 5.76 Å². The zero-order valence-electron chi connectivity index (χ0n) is 10.4. The first-order valence-corrected chi connectivity index (χ1v) is 6.60. The molecule has 5 heteroatoms. The number of carbonyl (C=O) groups is 1. The third kappa shape index (κ3) is 3.75. The molecule has 0 bridgehead atoms. The second-order valence-corrected chi connectivity index (χ2v) is 5.00. The van der Waals surface area contributed by atoms with Gasteiger partial charge in [-0.3, -0.25) is 4.79 Å². The summed E-state index contributed by atoms with van der Waals surface area (Å²) in [6.07, 6.45) is 0.640. The molecular weight excluding hydrogens is 285 g/mol. The van der Waals surface area contributed by atoms with Gasteiger partial charge in [0, 0.05) is 16.6 Å². The Morgan fingerprint density at radius 1 is 1.26 bits per heavy atom. The number of amides is 1. The van der Waals surface area contributed by atoms with E-state index in [1.165, 1.54) is 0 Å². The molecule has 2 rings (SSSR count). The van der Waals surface area contributed by atoms with Gasteiger partial charge < -0.3 is 9.73 Å². The zero-order valence-corrected chi connectivity index (χ0v) is 11.9. The monoisotopic (exact) mass is 297 g/mol. The van der Waals surface area contributed by atoms with Crippen LogP contribution < -0.4 is 5.32 Å². The van der Waals surface area contributed by atoms with Gasteiger partial charge in [0.05, 0.1) is 0 Å². The normalized spacial score (nSPS) is 10.5. The quantitative estimate of drug-likeness (QED) is 0.931. The van der Waals surface area contributed by atoms with Crippen LogP contribution in [0.5, 0.6) is 0 Å². The average molecular weight is 298 g/mol. The first kappa shape index (κ1) is 14.0. The SMILES string of the molecule is Cc1ccc(C(=O)NCCc2ccc(Cl)cc2Cl)o1. The van der Waals surface area contributed by atoms with Gasteiger partial charge in [0.2, 0.25) is 0 Å². The summed E-state index contributed by atoms with van der Waals surface area (Å²) in [6, 6.07) is 8.73. The Hall–Kier alpha value is -1.45. The van der Waals surface area contributed by atoms with Crippen molar-refractivity contribution in [2.75, 3.05) is 6.54 Å². The maximum Gasteiger partial charge on any atom is 0.287 e. The topological polar surface area (TPSA) is 42.2 Å². The fourth-order valence-corrected chi connectivity index (χ4v) is 2.18. The molecule has 2 aromatic rings. The number of furan rings is 1. The maximum atomic E-state index is 11.7. The first-order valence-electron chi connectivity index (χ1n) is 5.85. The number of halogens is 2. The Balaban J connectivity index is 1.88. The Bertz CT molecular complexity index is 593. The van der Waals surface area contributed by atoms with E-state index in [0.29, 0.717) is 34.5 Å². The van der Waals surface area contributed by atoms with Crippen molar-refractivity contribution in [2.24, 2.45) is 0 Å². The third-order valence-corrected chi connectivity index (χ3v) is 3.25. The van der Waals surface area contributed by atoms with Gasteiger partial charge >= 0.3 is 0 Å². The van der Waals surface area contributed by atoms with E-state index in [2.05, 4.69) is 5.32 Å². The van der Waals surface area contributed by atoms with E-state index in [1.54, 1.807) is 31.2 Å². The number of benzene rings is 1. The van der Waals surface area contributed by atoms with Crippen LogP contribution in [0.3, 0.4) is 0 Å². The second kappa shape index (κ2) is 6.13. The lowest BCUT2D eigenvalue weighted by Crippen LogP contribution is -2.25. The molecule has 100 valence electrons. The lowest BCUT2D eigenvalue weighted by atomic mass is 10.1. The van der Waals surface area contributed by atoms with Gasteiger partial charge in [-0.05, 0) is 43.2 Å². The standard InChI is InChI=1S/C14H13Cl2NO2/c1-9-2-5-13(19-9)14(18)17-7-6-10-3-4-11(15)8-12(10)16/h2-5,8H,6-7H2,1H3,(H,17,18). The average Bonchev–Trinajstić information content (AvgIpc) is 2.78. The van der Waals surface area contributed by atoms with Crippen molar-refractivity contribution in [1.82, 2.24) is 5.32 Å². The number of hydrogen-bond acceptors (Lipinski definition) is 2. The smallest absolute Gasteiger partial charge is 0.287 e. The van der Waals surface area contributed by atoms with E-state index in [-0.39, 0.29) is 5.91 Å². The molecule has 1 aromatic heterocycles. The van der Waals surface area contributed by atoms with Crippen LogP contribution >= 0.6 is 23.2 Å². The van der Waals surface area contributed by atoms with Crippen molar-refractivity contribution >= 4 is 29.1 Å². The predicted molar refractivity (Wildman–Crippen MR) is 75.9 cm³/mol. The molecule has 0 aliphatic heterocycles. The molecule has 1 heterocycles. The molecular formula is C14H13Cl2NO2. The van der Waals surface area contributed by atoms with Crippen LogP contribution in [-0.2, 0) is 6.42 Å². The molecule has 0 atom stereocenters. The molecule has 1 aromatic carbocycles. The van der Waals surface area contributed by atoms with E-state index < -0.39 is 0 Å². The van der Waals surface area contributed by atoms with Crippen LogP contribution in [0, 0.1) is 6.92 Å². The third-order valence-electron chi connectivity index (χ3n) is 2.66. The molecule has 1 amide bonds. The second-order valence-electron chi connectivity index (χ2n) is 4.15. The molecule has 0 aliphatic carbocycles. The van der Waals surface area contributed by atoms with Crippen molar-refractivity contribution in [1.29, 1.82) is 0 Å². The number of carbonyl (C=O) groups excluding carboxylic acids is 1. The number of aryl methyl sites for hydroxylation is 1. The summed E-state index contributed by atoms with van der Waals surface area (Å²) < 4.78 is 5.23. The molecule has 0 unspecified atom stereocenters. The van der Waals surface area contributed by atoms with E-state index in [0.717, 1.165) is 5.56 Å². The maximum absolute atomic E-state index is 11.7. The Morgan fingerprint density at radius 2 is 2.05 bits per heavy atom. The van der Waals surface area contributed by atoms with Crippen LogP contribution in [0.4, 0.5) is 0 Å². The highest BCUT2D eigenvalue weighted by Crippen LogP contribution is 2.21. The van der Waals surface area contributed by atoms with E-state index in [9.17, 15) is 4.79 Å². The van der Waals surface area contributed by atoms with Crippen LogP contribution in [0.25, 0.3) is 0 Å². The fourth-order valence-electron chi connectivity index (χ4n) is 1.68. The summed E-state index contributed by atoms with van der Waals surface area (Å²) in [5, 5.41) is 3.99. The van der Waals surface area contributed by atoms with Gasteiger partial charge in [0.25, 0.3) is 5.91 Å². The summed E-state index contributed by atoms with van der Waals surface area (Å²) >= 11 is 11.9. The fraction of sp³-hybridized carbons (Fsp3) is 0.214. The van der Waals surface area contributed by atoms with Gasteiger partial charge in [-0.25, -0.2) is 0 Å². The Kier molecular flexibility index (Phi) is 4.51. The molecule has 0 fully saturated rings. The number of hydrogen-bond donors (Lipinski definition) is 1. The summed E-state index contributed by atoms with van der Waals surface area (Å²) in [6.45, 7) is 2.28. The van der Waals surface area contributed by atoms with Crippen molar-refractivity contribution in [3.05, 3.63) is 57.5 Å². The van der Waals surface area contributed by atoms with Gasteiger partial charge in [-0.1, -0.05) is 29.3 Å². The molecule has 0 aliphatic rings. The molecule has 0 saturated heterocycles. The van der Waals surface area contributed by atoms with E-state index >= 15 is 0 Å². The minimum absolute atomic E-state index is 0.224. The van der Waals surface area contributed by atoms with Gasteiger partial charge in [-0.2, -0.15) is 0 Å². The largest absolute Gasteiger partial charge is 0.456 e. The Morgan fingerprint density at radius 3 is 2.68 bits per heavy atom. The molecule has 1 N–H and O–H groups in total. The minimum atomic E-state index is -0.224. The first-order chi connectivity index (χ1) is 9.06. The lowest BCUT2D eigenvalue weighted by Gasteiger charge is -2.06. The van der Waals surface area contributed by atoms with Crippen molar-refractivity contribution < 1.29 is 9.21 Å². The van der Waals surface area contributed by atoms with Crippen LogP contribution in [0.1, 0.15) is 21.9 Å².